The summed E-state index contributed by atoms with van der Waals surface area (Å²) >= 11 is 0. The van der Waals surface area contributed by atoms with Crippen molar-refractivity contribution in [1.82, 2.24) is 10.9 Å². The molecule has 2 N–H and O–H groups in total. The van der Waals surface area contributed by atoms with Gasteiger partial charge < -0.3 is 18.9 Å². The van der Waals surface area contributed by atoms with Crippen LogP contribution in [0.1, 0.15) is 38.8 Å². The van der Waals surface area contributed by atoms with E-state index in [1.807, 2.05) is 39.8 Å². The van der Waals surface area contributed by atoms with E-state index < -0.39 is 6.03 Å². The molecule has 0 spiro atoms. The Balaban J connectivity index is 1.90. The summed E-state index contributed by atoms with van der Waals surface area (Å²) in [6, 6.07) is 10.1. The molecule has 172 valence electrons. The lowest BCUT2D eigenvalue weighted by Crippen LogP contribution is -2.28. The quantitative estimate of drug-likeness (QED) is 0.428. The van der Waals surface area contributed by atoms with Crippen molar-refractivity contribution in [3.8, 4) is 23.0 Å². The highest BCUT2D eigenvalue weighted by Gasteiger charge is 2.08. The van der Waals surface area contributed by atoms with Crippen LogP contribution < -0.4 is 29.8 Å². The van der Waals surface area contributed by atoms with E-state index in [-0.39, 0.29) is 12.2 Å². The number of nitrogens with one attached hydrogen (secondary N) is 2. The number of carbonyl (C=O) groups is 1. The average Bonchev–Trinajstić information content (AvgIpc) is 2.74. The van der Waals surface area contributed by atoms with Gasteiger partial charge in [-0.1, -0.05) is 0 Å². The molecule has 0 atom stereocenters. The standard InChI is InChI=1S/C23H30N4O5/c1-15(2)31-19-9-7-17(11-21(19)29-5)13-24-26-23(28)27-25-14-18-8-10-20(32-16(3)4)22(12-18)30-6/h7-16H,1-6H3,(H2,26,27,28)/b24-13-,25-14-. The fourth-order valence-electron chi connectivity index (χ4n) is 2.59. The molecular formula is C23H30N4O5. The highest BCUT2D eigenvalue weighted by Crippen LogP contribution is 2.29. The summed E-state index contributed by atoms with van der Waals surface area (Å²) in [5.41, 5.74) is 6.16. The summed E-state index contributed by atoms with van der Waals surface area (Å²) in [6.07, 6.45) is 3.04. The number of hydrogen-bond acceptors (Lipinski definition) is 7. The molecule has 32 heavy (non-hydrogen) atoms. The lowest BCUT2D eigenvalue weighted by Gasteiger charge is -2.13. The topological polar surface area (TPSA) is 103 Å². The molecule has 0 saturated carbocycles. The number of nitrogens with zero attached hydrogens (tertiary/aromatic N) is 2. The maximum atomic E-state index is 11.9. The zero-order valence-electron chi connectivity index (χ0n) is 19.2. The second-order valence-electron chi connectivity index (χ2n) is 7.22. The molecule has 2 aromatic carbocycles. The van der Waals surface area contributed by atoms with Crippen LogP contribution in [-0.4, -0.2) is 44.9 Å². The number of methoxy groups -OCH3 is 2. The van der Waals surface area contributed by atoms with Gasteiger partial charge in [-0.3, -0.25) is 0 Å². The van der Waals surface area contributed by atoms with Gasteiger partial charge in [-0.25, -0.2) is 15.6 Å². The van der Waals surface area contributed by atoms with Gasteiger partial charge in [0.05, 0.1) is 38.9 Å². The highest BCUT2D eigenvalue weighted by molar-refractivity contribution is 5.84. The van der Waals surface area contributed by atoms with Gasteiger partial charge in [-0.05, 0) is 75.2 Å². The minimum Gasteiger partial charge on any atom is -0.493 e. The number of carbonyl (C=O) groups excluding carboxylic acids is 1. The molecule has 0 unspecified atom stereocenters. The number of hydrogen-bond donors (Lipinski definition) is 2. The van der Waals surface area contributed by atoms with Crippen molar-refractivity contribution in [1.29, 1.82) is 0 Å². The first-order valence-electron chi connectivity index (χ1n) is 10.1. The second-order valence-corrected chi connectivity index (χ2v) is 7.22. The number of rotatable bonds is 10. The largest absolute Gasteiger partial charge is 0.493 e. The third-order valence-electron chi connectivity index (χ3n) is 3.86. The van der Waals surface area contributed by atoms with Crippen molar-refractivity contribution in [2.75, 3.05) is 14.2 Å². The predicted octanol–water partition coefficient (Wildman–Crippen LogP) is 3.95. The minimum absolute atomic E-state index is 0.0294. The summed E-state index contributed by atoms with van der Waals surface area (Å²) in [5.74, 6) is 2.44. The molecule has 0 aliphatic rings. The molecule has 2 rings (SSSR count). The Morgan fingerprint density at radius 1 is 0.750 bits per heavy atom. The maximum Gasteiger partial charge on any atom is 0.355 e. The Hall–Kier alpha value is -3.75. The van der Waals surface area contributed by atoms with Crippen LogP contribution in [0.5, 0.6) is 23.0 Å². The Kier molecular flexibility index (Phi) is 9.34. The number of hydrazone groups is 2. The first kappa shape index (κ1) is 24.5. The van der Waals surface area contributed by atoms with Crippen LogP contribution in [0.2, 0.25) is 0 Å². The van der Waals surface area contributed by atoms with E-state index in [1.165, 1.54) is 12.4 Å². The fourth-order valence-corrected chi connectivity index (χ4v) is 2.59. The van der Waals surface area contributed by atoms with E-state index in [2.05, 4.69) is 21.1 Å². The van der Waals surface area contributed by atoms with Crippen LogP contribution in [-0.2, 0) is 0 Å². The van der Waals surface area contributed by atoms with Crippen LogP contribution in [0.4, 0.5) is 4.79 Å². The van der Waals surface area contributed by atoms with E-state index in [0.717, 1.165) is 11.1 Å². The van der Waals surface area contributed by atoms with Crippen molar-refractivity contribution in [3.05, 3.63) is 47.5 Å². The summed E-state index contributed by atoms with van der Waals surface area (Å²) in [7, 11) is 3.13. The SMILES string of the molecule is COc1cc(/C=N\NC(=O)N/N=C\c2ccc(OC(C)C)c(OC)c2)ccc1OC(C)C. The molecule has 0 aliphatic heterocycles. The van der Waals surface area contributed by atoms with Crippen LogP contribution in [0, 0.1) is 0 Å². The smallest absolute Gasteiger partial charge is 0.355 e. The summed E-state index contributed by atoms with van der Waals surface area (Å²) in [4.78, 5) is 11.9. The molecule has 0 radical (unpaired) electrons. The molecule has 0 aliphatic carbocycles. The van der Waals surface area contributed by atoms with Gasteiger partial charge in [0, 0.05) is 0 Å². The minimum atomic E-state index is -0.587. The van der Waals surface area contributed by atoms with Crippen molar-refractivity contribution < 1.29 is 23.7 Å². The molecule has 0 aromatic heterocycles. The van der Waals surface area contributed by atoms with E-state index in [9.17, 15) is 4.79 Å². The van der Waals surface area contributed by atoms with E-state index in [4.69, 9.17) is 18.9 Å². The van der Waals surface area contributed by atoms with E-state index in [1.54, 1.807) is 38.5 Å². The lowest BCUT2D eigenvalue weighted by molar-refractivity contribution is 0.230. The van der Waals surface area contributed by atoms with Crippen LogP contribution >= 0.6 is 0 Å². The van der Waals surface area contributed by atoms with Gasteiger partial charge in [0.15, 0.2) is 23.0 Å². The summed E-state index contributed by atoms with van der Waals surface area (Å²) < 4.78 is 22.0. The fraction of sp³-hybridized carbons (Fsp3) is 0.348. The molecule has 9 nitrogen and oxygen atoms in total. The lowest BCUT2D eigenvalue weighted by atomic mass is 10.2. The van der Waals surface area contributed by atoms with Gasteiger partial charge in [0.1, 0.15) is 0 Å². The monoisotopic (exact) mass is 442 g/mol. The normalized spacial score (nSPS) is 11.2. The van der Waals surface area contributed by atoms with Crippen molar-refractivity contribution >= 4 is 18.5 Å². The molecule has 0 fully saturated rings. The molecular weight excluding hydrogens is 412 g/mol. The Morgan fingerprint density at radius 2 is 1.16 bits per heavy atom. The zero-order valence-corrected chi connectivity index (χ0v) is 19.2. The molecule has 2 aromatic rings. The Morgan fingerprint density at radius 3 is 1.50 bits per heavy atom. The van der Waals surface area contributed by atoms with Gasteiger partial charge in [0.2, 0.25) is 0 Å². The molecule has 2 amide bonds. The van der Waals surface area contributed by atoms with Gasteiger partial charge in [-0.2, -0.15) is 10.2 Å². The predicted molar refractivity (Wildman–Crippen MR) is 124 cm³/mol. The third-order valence-corrected chi connectivity index (χ3v) is 3.86. The average molecular weight is 443 g/mol. The van der Waals surface area contributed by atoms with E-state index >= 15 is 0 Å². The number of benzene rings is 2. The van der Waals surface area contributed by atoms with Crippen LogP contribution in [0.3, 0.4) is 0 Å². The summed E-state index contributed by atoms with van der Waals surface area (Å²) in [6.45, 7) is 7.75. The van der Waals surface area contributed by atoms with Crippen molar-refractivity contribution in [3.63, 3.8) is 0 Å². The Bertz CT molecular complexity index is 882. The van der Waals surface area contributed by atoms with Gasteiger partial charge in [-0.15, -0.1) is 0 Å². The molecule has 9 heteroatoms. The second kappa shape index (κ2) is 12.2. The van der Waals surface area contributed by atoms with Crippen LogP contribution in [0.25, 0.3) is 0 Å². The molecule has 0 bridgehead atoms. The highest BCUT2D eigenvalue weighted by atomic mass is 16.5. The van der Waals surface area contributed by atoms with Crippen molar-refractivity contribution in [2.24, 2.45) is 10.2 Å². The van der Waals surface area contributed by atoms with Crippen LogP contribution in [0.15, 0.2) is 46.6 Å². The number of amides is 2. The number of urea groups is 1. The van der Waals surface area contributed by atoms with E-state index in [0.29, 0.717) is 23.0 Å². The first-order chi connectivity index (χ1) is 15.3. The maximum absolute atomic E-state index is 11.9. The molecule has 0 saturated heterocycles. The number of ether oxygens (including phenoxy) is 4. The van der Waals surface area contributed by atoms with Gasteiger partial charge in [0.25, 0.3) is 0 Å². The third kappa shape index (κ3) is 7.82. The van der Waals surface area contributed by atoms with Gasteiger partial charge >= 0.3 is 6.03 Å². The Labute approximate surface area is 188 Å². The first-order valence-corrected chi connectivity index (χ1v) is 10.1. The van der Waals surface area contributed by atoms with Crippen molar-refractivity contribution in [2.45, 2.75) is 39.9 Å². The zero-order chi connectivity index (χ0) is 23.5. The molecule has 0 heterocycles. The summed E-state index contributed by atoms with van der Waals surface area (Å²) in [5, 5.41) is 7.81.